The third-order valence-electron chi connectivity index (χ3n) is 7.33. The van der Waals surface area contributed by atoms with Gasteiger partial charge in [0.2, 0.25) is 5.91 Å². The van der Waals surface area contributed by atoms with Crippen molar-refractivity contribution in [2.24, 2.45) is 0 Å². The van der Waals surface area contributed by atoms with Gasteiger partial charge in [0.15, 0.2) is 0 Å². The fourth-order valence-electron chi connectivity index (χ4n) is 5.09. The first-order chi connectivity index (χ1) is 20.0. The molecule has 0 spiro atoms. The second-order valence-electron chi connectivity index (χ2n) is 9.93. The van der Waals surface area contributed by atoms with Crippen LogP contribution in [0.2, 0.25) is 0 Å². The molecule has 5 nitrogen and oxygen atoms in total. The fourth-order valence-corrected chi connectivity index (χ4v) is 6.39. The number of carbonyl (C=O) groups excluding carboxylic acids is 1. The molecule has 204 valence electrons. The number of pyridine rings is 1. The number of hydrogen-bond donors (Lipinski definition) is 2. The highest BCUT2D eigenvalue weighted by molar-refractivity contribution is 8.00. The average Bonchev–Trinajstić information content (AvgIpc) is 3.01. The molecular formula is C34H27FN2O3S. The number of thioether (sulfide) groups is 1. The average molecular weight is 563 g/mol. The van der Waals surface area contributed by atoms with Crippen LogP contribution in [0.25, 0.3) is 22.3 Å². The van der Waals surface area contributed by atoms with Gasteiger partial charge in [-0.1, -0.05) is 66.7 Å². The number of β-lactam (4-membered cyclic amide) rings is 1. The van der Waals surface area contributed by atoms with Crippen LogP contribution in [0, 0.1) is 5.82 Å². The highest BCUT2D eigenvalue weighted by Gasteiger charge is 2.49. The predicted octanol–water partition coefficient (Wildman–Crippen LogP) is 7.18. The molecule has 1 saturated heterocycles. The smallest absolute Gasteiger partial charge is 0.243 e. The van der Waals surface area contributed by atoms with E-state index in [0.717, 1.165) is 39.1 Å². The number of rotatable bonds is 8. The molecule has 0 radical (unpaired) electrons. The first-order valence-electron chi connectivity index (χ1n) is 13.3. The number of carbonyl (C=O) groups is 1. The number of amides is 1. The zero-order valence-electron chi connectivity index (χ0n) is 22.0. The van der Waals surface area contributed by atoms with Gasteiger partial charge in [-0.25, -0.2) is 4.39 Å². The molecule has 4 aromatic carbocycles. The van der Waals surface area contributed by atoms with E-state index in [0.29, 0.717) is 5.75 Å². The van der Waals surface area contributed by atoms with Crippen molar-refractivity contribution in [1.29, 1.82) is 0 Å². The van der Waals surface area contributed by atoms with E-state index in [1.54, 1.807) is 41.6 Å². The number of aromatic hydroxyl groups is 1. The zero-order chi connectivity index (χ0) is 28.3. The van der Waals surface area contributed by atoms with E-state index in [-0.39, 0.29) is 28.8 Å². The van der Waals surface area contributed by atoms with Crippen molar-refractivity contribution in [2.45, 2.75) is 17.4 Å². The number of phenols is 1. The Kier molecular flexibility index (Phi) is 7.55. The molecule has 1 aliphatic rings. The molecule has 1 amide bonds. The van der Waals surface area contributed by atoms with Crippen molar-refractivity contribution < 1.29 is 19.4 Å². The van der Waals surface area contributed by atoms with Crippen molar-refractivity contribution >= 4 is 23.4 Å². The molecule has 6 rings (SSSR count). The number of halogens is 1. The van der Waals surface area contributed by atoms with Gasteiger partial charge in [0, 0.05) is 23.8 Å². The molecule has 41 heavy (non-hydrogen) atoms. The molecule has 3 atom stereocenters. The van der Waals surface area contributed by atoms with Gasteiger partial charge < -0.3 is 15.1 Å². The molecular weight excluding hydrogens is 535 g/mol. The Bertz CT molecular complexity index is 1630. The van der Waals surface area contributed by atoms with Gasteiger partial charge in [0.05, 0.1) is 12.1 Å². The Balaban J connectivity index is 1.18. The second-order valence-corrected chi connectivity index (χ2v) is 11.1. The lowest BCUT2D eigenvalue weighted by molar-refractivity contribution is -0.123. The van der Waals surface area contributed by atoms with Crippen LogP contribution in [0.15, 0.2) is 122 Å². The third-order valence-corrected chi connectivity index (χ3v) is 8.65. The summed E-state index contributed by atoms with van der Waals surface area (Å²) in [4.78, 5) is 19.4. The molecule has 0 unspecified atom stereocenters. The van der Waals surface area contributed by atoms with E-state index in [2.05, 4.69) is 4.98 Å². The molecule has 0 bridgehead atoms. The van der Waals surface area contributed by atoms with E-state index in [1.807, 2.05) is 72.8 Å². The van der Waals surface area contributed by atoms with Gasteiger partial charge in [-0.2, -0.15) is 0 Å². The molecule has 1 aliphatic heterocycles. The van der Waals surface area contributed by atoms with Gasteiger partial charge in [-0.05, 0) is 75.8 Å². The normalized spacial score (nSPS) is 17.2. The Morgan fingerprint density at radius 1 is 0.805 bits per heavy atom. The molecule has 2 heterocycles. The molecule has 7 heteroatoms. The van der Waals surface area contributed by atoms with Crippen molar-refractivity contribution in [3.8, 4) is 28.0 Å². The number of aromatic nitrogens is 1. The molecule has 1 aromatic heterocycles. The van der Waals surface area contributed by atoms with Crippen LogP contribution in [0.4, 0.5) is 10.1 Å². The molecule has 5 aromatic rings. The van der Waals surface area contributed by atoms with Crippen molar-refractivity contribution in [3.05, 3.63) is 139 Å². The summed E-state index contributed by atoms with van der Waals surface area (Å²) in [6.45, 7) is 0. The first kappa shape index (κ1) is 26.7. The van der Waals surface area contributed by atoms with Gasteiger partial charge in [-0.3, -0.25) is 9.78 Å². The van der Waals surface area contributed by atoms with Gasteiger partial charge >= 0.3 is 0 Å². The third kappa shape index (κ3) is 5.59. The van der Waals surface area contributed by atoms with E-state index in [1.165, 1.54) is 23.9 Å². The van der Waals surface area contributed by atoms with E-state index < -0.39 is 6.10 Å². The van der Waals surface area contributed by atoms with Crippen LogP contribution in [0.3, 0.4) is 0 Å². The maximum atomic E-state index is 13.5. The number of hydrogen-bond acceptors (Lipinski definition) is 5. The summed E-state index contributed by atoms with van der Waals surface area (Å²) >= 11 is 1.43. The van der Waals surface area contributed by atoms with Crippen LogP contribution < -0.4 is 4.90 Å². The number of nitrogens with zero attached hydrogens (tertiary/aromatic N) is 2. The zero-order valence-corrected chi connectivity index (χ0v) is 22.8. The summed E-state index contributed by atoms with van der Waals surface area (Å²) < 4.78 is 13.3. The summed E-state index contributed by atoms with van der Waals surface area (Å²) in [5.41, 5.74) is 6.28. The predicted molar refractivity (Wildman–Crippen MR) is 161 cm³/mol. The summed E-state index contributed by atoms with van der Waals surface area (Å²) in [6.07, 6.45) is 2.77. The maximum absolute atomic E-state index is 13.5. The van der Waals surface area contributed by atoms with Crippen LogP contribution in [0.5, 0.6) is 5.75 Å². The largest absolute Gasteiger partial charge is 0.508 e. The highest BCUT2D eigenvalue weighted by Crippen LogP contribution is 2.46. The molecule has 0 saturated carbocycles. The van der Waals surface area contributed by atoms with E-state index in [9.17, 15) is 19.4 Å². The molecule has 2 N–H and O–H groups in total. The molecule has 0 aliphatic carbocycles. The number of phenolic OH excluding ortho intramolecular Hbond substituents is 1. The Labute approximate surface area is 241 Å². The standard InChI is InChI=1S/C34H27FN2O3S/c35-28-13-7-23(8-14-28)22-3-5-25(6-4-22)31(39)21-41-33-32(26-11-17-30(38)18-12-26)37(34(33)40)29-15-9-24(10-16-29)27-2-1-19-36-20-27/h1-20,31-33,38-39H,21H2/t31-,32-,33-/m1/s1. The Hall–Kier alpha value is -4.46. The fraction of sp³-hybridized carbons (Fsp3) is 0.118. The Morgan fingerprint density at radius 2 is 1.41 bits per heavy atom. The number of anilines is 1. The van der Waals surface area contributed by atoms with Crippen LogP contribution in [-0.2, 0) is 4.79 Å². The maximum Gasteiger partial charge on any atom is 0.243 e. The Morgan fingerprint density at radius 3 is 2.05 bits per heavy atom. The monoisotopic (exact) mass is 562 g/mol. The number of benzene rings is 4. The minimum atomic E-state index is -0.761. The number of aliphatic hydroxyl groups is 1. The van der Waals surface area contributed by atoms with Crippen LogP contribution in [0.1, 0.15) is 23.3 Å². The number of aliphatic hydroxyl groups excluding tert-OH is 1. The molecule has 1 fully saturated rings. The minimum absolute atomic E-state index is 0.0268. The van der Waals surface area contributed by atoms with Crippen LogP contribution in [-0.4, -0.2) is 32.1 Å². The highest BCUT2D eigenvalue weighted by atomic mass is 32.2. The summed E-state index contributed by atoms with van der Waals surface area (Å²) in [6, 6.07) is 32.2. The van der Waals surface area contributed by atoms with Crippen molar-refractivity contribution in [2.75, 3.05) is 10.7 Å². The lowest BCUT2D eigenvalue weighted by Crippen LogP contribution is -2.57. The van der Waals surface area contributed by atoms with E-state index in [4.69, 9.17) is 0 Å². The lowest BCUT2D eigenvalue weighted by atomic mass is 9.92. The van der Waals surface area contributed by atoms with Gasteiger partial charge in [0.25, 0.3) is 0 Å². The lowest BCUT2D eigenvalue weighted by Gasteiger charge is -2.47. The quantitative estimate of drug-likeness (QED) is 0.196. The second kappa shape index (κ2) is 11.6. The van der Waals surface area contributed by atoms with Crippen molar-refractivity contribution in [3.63, 3.8) is 0 Å². The summed E-state index contributed by atoms with van der Waals surface area (Å²) in [5, 5.41) is 20.4. The van der Waals surface area contributed by atoms with E-state index >= 15 is 0 Å². The van der Waals surface area contributed by atoms with Crippen molar-refractivity contribution in [1.82, 2.24) is 4.98 Å². The van der Waals surface area contributed by atoms with Crippen LogP contribution >= 0.6 is 11.8 Å². The van der Waals surface area contributed by atoms with Gasteiger partial charge in [0.1, 0.15) is 16.8 Å². The first-order valence-corrected chi connectivity index (χ1v) is 14.3. The summed E-state index contributed by atoms with van der Waals surface area (Å²) in [5.74, 6) is 0.195. The summed E-state index contributed by atoms with van der Waals surface area (Å²) in [7, 11) is 0. The minimum Gasteiger partial charge on any atom is -0.508 e. The van der Waals surface area contributed by atoms with Gasteiger partial charge in [-0.15, -0.1) is 11.8 Å². The topological polar surface area (TPSA) is 73.7 Å². The SMILES string of the molecule is O=C1[C@H](SC[C@@H](O)c2ccc(-c3ccc(F)cc3)cc2)[C@@H](c2ccc(O)cc2)N1c1ccc(-c2cccnc2)cc1.